The van der Waals surface area contributed by atoms with Gasteiger partial charge in [0.05, 0.1) is 17.4 Å². The first-order valence-electron chi connectivity index (χ1n) is 10.8. The minimum absolute atomic E-state index is 0.0540. The fourth-order valence-electron chi connectivity index (χ4n) is 3.39. The van der Waals surface area contributed by atoms with Crippen molar-refractivity contribution in [2.75, 3.05) is 19.7 Å². The Bertz CT molecular complexity index is 936. The Morgan fingerprint density at radius 3 is 2.30 bits per heavy atom. The summed E-state index contributed by atoms with van der Waals surface area (Å²) in [7, 11) is 0. The minimum Gasteiger partial charge on any atom is -0.484 e. The lowest BCUT2D eigenvalue weighted by Gasteiger charge is -2.29. The van der Waals surface area contributed by atoms with Gasteiger partial charge in [-0.25, -0.2) is 0 Å². The molecule has 9 heteroatoms. The van der Waals surface area contributed by atoms with Gasteiger partial charge < -0.3 is 19.6 Å². The van der Waals surface area contributed by atoms with Gasteiger partial charge in [-0.3, -0.25) is 4.79 Å². The Morgan fingerprint density at radius 1 is 1.09 bits per heavy atom. The Kier molecular flexibility index (Phi) is 8.32. The zero-order valence-electron chi connectivity index (χ0n) is 18.3. The van der Waals surface area contributed by atoms with Gasteiger partial charge in [0.25, 0.3) is 5.91 Å². The molecule has 6 nitrogen and oxygen atoms in total. The average molecular weight is 464 g/mol. The highest BCUT2D eigenvalue weighted by atomic mass is 19.4. The van der Waals surface area contributed by atoms with E-state index in [4.69, 9.17) is 9.57 Å². The first-order chi connectivity index (χ1) is 15.8. The van der Waals surface area contributed by atoms with Crippen LogP contribution in [-0.4, -0.2) is 47.4 Å². The number of rotatable bonds is 8. The summed E-state index contributed by atoms with van der Waals surface area (Å²) >= 11 is 0. The Morgan fingerprint density at radius 2 is 1.73 bits per heavy atom. The number of likely N-dealkylation sites (tertiary alicyclic amines) is 1. The summed E-state index contributed by atoms with van der Waals surface area (Å²) in [5, 5.41) is 13.7. The molecule has 3 rings (SSSR count). The lowest BCUT2D eigenvalue weighted by Crippen LogP contribution is -2.42. The Balaban J connectivity index is 1.50. The summed E-state index contributed by atoms with van der Waals surface area (Å²) in [5.41, 5.74) is 1.37. The van der Waals surface area contributed by atoms with Crippen LogP contribution in [0.4, 0.5) is 13.2 Å². The van der Waals surface area contributed by atoms with E-state index in [0.717, 1.165) is 17.7 Å². The molecule has 0 bridgehead atoms. The third kappa shape index (κ3) is 7.21. The van der Waals surface area contributed by atoms with Gasteiger partial charge in [-0.05, 0) is 66.8 Å². The van der Waals surface area contributed by atoms with Gasteiger partial charge in [0.15, 0.2) is 6.61 Å². The van der Waals surface area contributed by atoms with Crippen molar-refractivity contribution in [1.82, 2.24) is 4.90 Å². The van der Waals surface area contributed by atoms with E-state index in [-0.39, 0.29) is 25.2 Å². The molecule has 1 aliphatic heterocycles. The van der Waals surface area contributed by atoms with Gasteiger partial charge in [-0.1, -0.05) is 24.2 Å². The fourth-order valence-corrected chi connectivity index (χ4v) is 3.39. The molecule has 1 heterocycles. The van der Waals surface area contributed by atoms with Crippen LogP contribution in [0.1, 0.15) is 42.9 Å². The highest BCUT2D eigenvalue weighted by Gasteiger charge is 2.29. The topological polar surface area (TPSA) is 71.4 Å². The summed E-state index contributed by atoms with van der Waals surface area (Å²) < 4.78 is 43.5. The van der Waals surface area contributed by atoms with E-state index in [0.29, 0.717) is 49.4 Å². The Labute approximate surface area is 190 Å². The number of carbonyl (C=O) groups is 1. The zero-order chi connectivity index (χ0) is 23.8. The molecule has 1 amide bonds. The second-order valence-corrected chi connectivity index (χ2v) is 7.78. The summed E-state index contributed by atoms with van der Waals surface area (Å²) in [6.45, 7) is 2.97. The summed E-state index contributed by atoms with van der Waals surface area (Å²) in [6, 6.07) is 11.9. The maximum absolute atomic E-state index is 12.6. The van der Waals surface area contributed by atoms with Crippen molar-refractivity contribution >= 4 is 11.6 Å². The summed E-state index contributed by atoms with van der Waals surface area (Å²) in [5.74, 6) is 0.434. The molecule has 0 unspecified atom stereocenters. The smallest absolute Gasteiger partial charge is 0.416 e. The number of oxime groups is 1. The SMILES string of the molecule is CC/C(=N/OCc1ccc(C(F)(F)F)cc1)c1ccc(OCC(=O)N2CCC(O)CC2)cc1. The van der Waals surface area contributed by atoms with Crippen molar-refractivity contribution in [3.63, 3.8) is 0 Å². The number of piperidine rings is 1. The normalized spacial score (nSPS) is 15.4. The molecular formula is C24H27F3N2O4. The first-order valence-corrected chi connectivity index (χ1v) is 10.8. The fraction of sp³-hybridized carbons (Fsp3) is 0.417. The number of aliphatic hydroxyl groups excluding tert-OH is 1. The van der Waals surface area contributed by atoms with Crippen LogP contribution in [-0.2, 0) is 22.4 Å². The molecular weight excluding hydrogens is 437 g/mol. The van der Waals surface area contributed by atoms with Crippen LogP contribution >= 0.6 is 0 Å². The molecule has 1 aliphatic rings. The van der Waals surface area contributed by atoms with Crippen LogP contribution < -0.4 is 4.74 Å². The number of carbonyl (C=O) groups excluding carboxylic acids is 1. The van der Waals surface area contributed by atoms with E-state index in [2.05, 4.69) is 5.16 Å². The number of benzene rings is 2. The van der Waals surface area contributed by atoms with Gasteiger partial charge in [0, 0.05) is 13.1 Å². The first kappa shape index (κ1) is 24.6. The molecule has 1 fully saturated rings. The zero-order valence-corrected chi connectivity index (χ0v) is 18.3. The molecule has 1 saturated heterocycles. The number of halogens is 3. The van der Waals surface area contributed by atoms with Gasteiger partial charge in [-0.15, -0.1) is 0 Å². The predicted molar refractivity (Wildman–Crippen MR) is 117 cm³/mol. The quantitative estimate of drug-likeness (QED) is 0.465. The van der Waals surface area contributed by atoms with Crippen molar-refractivity contribution < 1.29 is 32.6 Å². The third-order valence-corrected chi connectivity index (χ3v) is 5.39. The van der Waals surface area contributed by atoms with E-state index in [1.54, 1.807) is 29.2 Å². The van der Waals surface area contributed by atoms with Gasteiger partial charge in [0.1, 0.15) is 12.4 Å². The van der Waals surface area contributed by atoms with Gasteiger partial charge in [-0.2, -0.15) is 13.2 Å². The molecule has 178 valence electrons. The second-order valence-electron chi connectivity index (χ2n) is 7.78. The van der Waals surface area contributed by atoms with Crippen LogP contribution in [0.3, 0.4) is 0 Å². The summed E-state index contributed by atoms with van der Waals surface area (Å²) in [6.07, 6.45) is -2.95. The van der Waals surface area contributed by atoms with Crippen molar-refractivity contribution in [2.45, 2.75) is 45.1 Å². The van der Waals surface area contributed by atoms with E-state index in [9.17, 15) is 23.1 Å². The van der Waals surface area contributed by atoms with E-state index >= 15 is 0 Å². The molecule has 1 N–H and O–H groups in total. The monoisotopic (exact) mass is 464 g/mol. The van der Waals surface area contributed by atoms with Gasteiger partial charge in [0.2, 0.25) is 0 Å². The number of alkyl halides is 3. The second kappa shape index (κ2) is 11.2. The molecule has 0 atom stereocenters. The molecule has 2 aromatic carbocycles. The van der Waals surface area contributed by atoms with Crippen LogP contribution in [0.5, 0.6) is 5.75 Å². The van der Waals surface area contributed by atoms with Crippen molar-refractivity contribution in [2.24, 2.45) is 5.16 Å². The van der Waals surface area contributed by atoms with E-state index in [1.807, 2.05) is 6.92 Å². The summed E-state index contributed by atoms with van der Waals surface area (Å²) in [4.78, 5) is 19.3. The Hall–Kier alpha value is -3.07. The van der Waals surface area contributed by atoms with Crippen molar-refractivity contribution in [3.05, 3.63) is 65.2 Å². The molecule has 0 spiro atoms. The molecule has 0 saturated carbocycles. The maximum atomic E-state index is 12.6. The number of nitrogens with zero attached hydrogens (tertiary/aromatic N) is 2. The molecule has 2 aromatic rings. The van der Waals surface area contributed by atoms with Crippen LogP contribution in [0, 0.1) is 0 Å². The predicted octanol–water partition coefficient (Wildman–Crippen LogP) is 4.40. The van der Waals surface area contributed by atoms with Crippen LogP contribution in [0.2, 0.25) is 0 Å². The standard InChI is InChI=1S/C24H27F3N2O4/c1-2-22(28-33-15-17-3-7-19(8-4-17)24(25,26)27)18-5-9-21(10-6-18)32-16-23(31)29-13-11-20(30)12-14-29/h3-10,20,30H,2,11-16H2,1H3/b28-22-. The van der Waals surface area contributed by atoms with E-state index < -0.39 is 11.7 Å². The minimum atomic E-state index is -4.37. The lowest BCUT2D eigenvalue weighted by molar-refractivity contribution is -0.137. The van der Waals surface area contributed by atoms with Crippen LogP contribution in [0.25, 0.3) is 0 Å². The third-order valence-electron chi connectivity index (χ3n) is 5.39. The largest absolute Gasteiger partial charge is 0.484 e. The molecule has 33 heavy (non-hydrogen) atoms. The maximum Gasteiger partial charge on any atom is 0.416 e. The highest BCUT2D eigenvalue weighted by molar-refractivity contribution is 6.00. The molecule has 0 aromatic heterocycles. The molecule has 0 aliphatic carbocycles. The number of hydrogen-bond acceptors (Lipinski definition) is 5. The average Bonchev–Trinajstić information content (AvgIpc) is 2.81. The van der Waals surface area contributed by atoms with Gasteiger partial charge >= 0.3 is 6.18 Å². The van der Waals surface area contributed by atoms with Crippen molar-refractivity contribution in [3.8, 4) is 5.75 Å². The highest BCUT2D eigenvalue weighted by Crippen LogP contribution is 2.29. The lowest BCUT2D eigenvalue weighted by atomic mass is 10.1. The number of aliphatic hydroxyl groups is 1. The van der Waals surface area contributed by atoms with Crippen LogP contribution in [0.15, 0.2) is 53.7 Å². The number of ether oxygens (including phenoxy) is 1. The number of amides is 1. The number of hydrogen-bond donors (Lipinski definition) is 1. The molecule has 0 radical (unpaired) electrons. The van der Waals surface area contributed by atoms with E-state index in [1.165, 1.54) is 12.1 Å². The van der Waals surface area contributed by atoms with Crippen molar-refractivity contribution in [1.29, 1.82) is 0 Å².